The van der Waals surface area contributed by atoms with Crippen LogP contribution in [0.5, 0.6) is 0 Å². The van der Waals surface area contributed by atoms with Crippen molar-refractivity contribution in [1.29, 1.82) is 0 Å². The fourth-order valence-corrected chi connectivity index (χ4v) is 2.58. The summed E-state index contributed by atoms with van der Waals surface area (Å²) in [7, 11) is 0. The van der Waals surface area contributed by atoms with Crippen LogP contribution in [0.3, 0.4) is 0 Å². The molecular weight excluding hydrogens is 242 g/mol. The minimum Gasteiger partial charge on any atom is -0.619 e. The monoisotopic (exact) mass is 257 g/mol. The van der Waals surface area contributed by atoms with Crippen LogP contribution in [0.2, 0.25) is 0 Å². The molecule has 3 heterocycles. The molecule has 0 saturated heterocycles. The minimum atomic E-state index is -0.0273. The van der Waals surface area contributed by atoms with E-state index in [2.05, 4.69) is 4.57 Å². The van der Waals surface area contributed by atoms with Crippen LogP contribution in [-0.2, 0) is 6.54 Å². The smallest absolute Gasteiger partial charge is 0.254 e. The molecule has 1 amide bonds. The molecule has 2 aromatic heterocycles. The summed E-state index contributed by atoms with van der Waals surface area (Å²) in [5.41, 5.74) is 1.70. The van der Waals surface area contributed by atoms with Gasteiger partial charge >= 0.3 is 0 Å². The average Bonchev–Trinajstić information content (AvgIpc) is 2.88. The predicted molar refractivity (Wildman–Crippen MR) is 69.3 cm³/mol. The molecule has 0 bridgehead atoms. The maximum atomic E-state index is 12.5. The van der Waals surface area contributed by atoms with Gasteiger partial charge in [0.2, 0.25) is 0 Å². The average molecular weight is 257 g/mol. The lowest BCUT2D eigenvalue weighted by Gasteiger charge is -2.34. The predicted octanol–water partition coefficient (Wildman–Crippen LogP) is 1.34. The third-order valence-electron chi connectivity index (χ3n) is 3.65. The van der Waals surface area contributed by atoms with Gasteiger partial charge in [0, 0.05) is 37.1 Å². The maximum absolute atomic E-state index is 12.5. The van der Waals surface area contributed by atoms with Crippen molar-refractivity contribution < 1.29 is 9.52 Å². The van der Waals surface area contributed by atoms with Crippen LogP contribution in [0, 0.1) is 5.21 Å². The van der Waals surface area contributed by atoms with E-state index >= 15 is 0 Å². The summed E-state index contributed by atoms with van der Waals surface area (Å²) in [5.74, 6) is -0.0273. The first-order valence-electron chi connectivity index (χ1n) is 6.31. The zero-order chi connectivity index (χ0) is 13.4. The topological polar surface area (TPSA) is 52.2 Å². The number of carbonyl (C=O) groups is 1. The van der Waals surface area contributed by atoms with Crippen molar-refractivity contribution in [2.45, 2.75) is 19.5 Å². The van der Waals surface area contributed by atoms with Gasteiger partial charge in [-0.1, -0.05) is 0 Å². The molecule has 1 aliphatic rings. The Morgan fingerprint density at radius 1 is 1.32 bits per heavy atom. The summed E-state index contributed by atoms with van der Waals surface area (Å²) in [6.45, 7) is 3.53. The molecule has 19 heavy (non-hydrogen) atoms. The van der Waals surface area contributed by atoms with E-state index in [4.69, 9.17) is 0 Å². The van der Waals surface area contributed by atoms with Crippen LogP contribution >= 0.6 is 0 Å². The Hall–Kier alpha value is -2.30. The Bertz CT molecular complexity index is 603. The van der Waals surface area contributed by atoms with E-state index < -0.39 is 0 Å². The Morgan fingerprint density at radius 3 is 2.79 bits per heavy atom. The molecular formula is C14H15N3O2. The second-order valence-corrected chi connectivity index (χ2v) is 4.75. The van der Waals surface area contributed by atoms with Gasteiger partial charge in [-0.25, -0.2) is 0 Å². The van der Waals surface area contributed by atoms with Gasteiger partial charge in [-0.3, -0.25) is 4.79 Å². The van der Waals surface area contributed by atoms with Gasteiger partial charge in [0.25, 0.3) is 5.91 Å². The Balaban J connectivity index is 1.87. The van der Waals surface area contributed by atoms with E-state index in [9.17, 15) is 10.0 Å². The molecule has 1 aliphatic heterocycles. The van der Waals surface area contributed by atoms with Crippen LogP contribution < -0.4 is 4.73 Å². The molecule has 0 spiro atoms. The van der Waals surface area contributed by atoms with Gasteiger partial charge in [-0.15, -0.1) is 0 Å². The van der Waals surface area contributed by atoms with Gasteiger partial charge in [0.1, 0.15) is 0 Å². The number of hydrogen-bond donors (Lipinski definition) is 0. The van der Waals surface area contributed by atoms with Gasteiger partial charge in [-0.2, -0.15) is 4.73 Å². The van der Waals surface area contributed by atoms with Crippen molar-refractivity contribution >= 4 is 5.91 Å². The molecule has 0 fully saturated rings. The number of nitrogens with zero attached hydrogens (tertiary/aromatic N) is 3. The van der Waals surface area contributed by atoms with Crippen molar-refractivity contribution in [2.75, 3.05) is 6.54 Å². The van der Waals surface area contributed by atoms with Crippen LogP contribution in [-0.4, -0.2) is 21.9 Å². The molecule has 1 atom stereocenters. The third kappa shape index (κ3) is 1.97. The van der Waals surface area contributed by atoms with E-state index in [1.165, 1.54) is 12.4 Å². The fraction of sp³-hybridized carbons (Fsp3) is 0.286. The molecule has 2 aromatic rings. The number of hydrogen-bond acceptors (Lipinski definition) is 2. The number of amides is 1. The number of aromatic nitrogens is 2. The van der Waals surface area contributed by atoms with Crippen molar-refractivity contribution in [2.24, 2.45) is 0 Å². The molecule has 5 nitrogen and oxygen atoms in total. The summed E-state index contributed by atoms with van der Waals surface area (Å²) < 4.78 is 2.85. The zero-order valence-corrected chi connectivity index (χ0v) is 10.7. The van der Waals surface area contributed by atoms with Crippen molar-refractivity contribution in [3.63, 3.8) is 0 Å². The number of rotatable bonds is 1. The molecule has 5 heteroatoms. The molecule has 0 aliphatic carbocycles. The zero-order valence-electron chi connectivity index (χ0n) is 10.7. The number of fused-ring (bicyclic) bond motifs is 1. The number of carbonyl (C=O) groups excluding carboxylic acids is 1. The van der Waals surface area contributed by atoms with Crippen molar-refractivity contribution in [3.05, 3.63) is 59.3 Å². The molecule has 0 unspecified atom stereocenters. The Morgan fingerprint density at radius 2 is 2.05 bits per heavy atom. The van der Waals surface area contributed by atoms with E-state index in [1.807, 2.05) is 30.2 Å². The highest BCUT2D eigenvalue weighted by atomic mass is 16.5. The van der Waals surface area contributed by atoms with Crippen LogP contribution in [0.25, 0.3) is 0 Å². The first kappa shape index (κ1) is 11.8. The highest BCUT2D eigenvalue weighted by molar-refractivity contribution is 5.94. The molecule has 0 N–H and O–H groups in total. The quantitative estimate of drug-likeness (QED) is 0.572. The molecule has 0 saturated carbocycles. The number of pyridine rings is 1. The second kappa shape index (κ2) is 4.42. The first-order chi connectivity index (χ1) is 9.16. The van der Waals surface area contributed by atoms with Crippen LogP contribution in [0.1, 0.15) is 29.0 Å². The van der Waals surface area contributed by atoms with Crippen LogP contribution in [0.4, 0.5) is 0 Å². The van der Waals surface area contributed by atoms with Crippen LogP contribution in [0.15, 0.2) is 42.9 Å². The molecule has 0 radical (unpaired) electrons. The van der Waals surface area contributed by atoms with E-state index in [-0.39, 0.29) is 11.9 Å². The van der Waals surface area contributed by atoms with Gasteiger partial charge in [0.15, 0.2) is 12.4 Å². The van der Waals surface area contributed by atoms with E-state index in [0.29, 0.717) is 16.8 Å². The standard InChI is InChI=1S/C14H15N3O2/c1-11-13-3-2-6-15(13)9-10-17(11)14(18)12-4-7-16(19)8-5-12/h2-8,11H,9-10H2,1H3/t11-/m0/s1. The van der Waals surface area contributed by atoms with Crippen molar-refractivity contribution in [3.8, 4) is 0 Å². The second-order valence-electron chi connectivity index (χ2n) is 4.75. The van der Waals surface area contributed by atoms with Gasteiger partial charge in [-0.05, 0) is 19.1 Å². The minimum absolute atomic E-state index is 0.0273. The summed E-state index contributed by atoms with van der Waals surface area (Å²) in [4.78, 5) is 14.3. The largest absolute Gasteiger partial charge is 0.619 e. The maximum Gasteiger partial charge on any atom is 0.254 e. The van der Waals surface area contributed by atoms with E-state index in [0.717, 1.165) is 12.2 Å². The van der Waals surface area contributed by atoms with Gasteiger partial charge in [0.05, 0.1) is 11.6 Å². The molecule has 98 valence electrons. The fourth-order valence-electron chi connectivity index (χ4n) is 2.58. The summed E-state index contributed by atoms with van der Waals surface area (Å²) in [6, 6.07) is 7.23. The molecule has 3 rings (SSSR count). The lowest BCUT2D eigenvalue weighted by Crippen LogP contribution is -2.41. The van der Waals surface area contributed by atoms with E-state index in [1.54, 1.807) is 12.1 Å². The summed E-state index contributed by atoms with van der Waals surface area (Å²) >= 11 is 0. The third-order valence-corrected chi connectivity index (χ3v) is 3.65. The van der Waals surface area contributed by atoms with Gasteiger partial charge < -0.3 is 14.7 Å². The summed E-state index contributed by atoms with van der Waals surface area (Å²) in [5, 5.41) is 11.0. The molecule has 0 aromatic carbocycles. The van der Waals surface area contributed by atoms with Crippen molar-refractivity contribution in [1.82, 2.24) is 9.47 Å². The Kier molecular flexibility index (Phi) is 2.74. The Labute approximate surface area is 111 Å². The first-order valence-corrected chi connectivity index (χ1v) is 6.31. The SMILES string of the molecule is C[C@H]1c2cccn2CCN1C(=O)c1cc[n+]([O-])cc1. The summed E-state index contributed by atoms with van der Waals surface area (Å²) in [6.07, 6.45) is 4.74. The highest BCUT2D eigenvalue weighted by Crippen LogP contribution is 2.26. The normalized spacial score (nSPS) is 18.2. The lowest BCUT2D eigenvalue weighted by molar-refractivity contribution is -0.605. The lowest BCUT2D eigenvalue weighted by atomic mass is 10.1. The highest BCUT2D eigenvalue weighted by Gasteiger charge is 2.28.